The molecule has 0 saturated heterocycles. The van der Waals surface area contributed by atoms with Gasteiger partial charge in [-0.25, -0.2) is 9.97 Å². The number of aromatic nitrogens is 2. The first-order valence-corrected chi connectivity index (χ1v) is 23.1. The van der Waals surface area contributed by atoms with Crippen LogP contribution in [-0.4, -0.2) is 9.97 Å². The molecule has 2 heterocycles. The van der Waals surface area contributed by atoms with E-state index in [1.165, 1.54) is 50.1 Å². The summed E-state index contributed by atoms with van der Waals surface area (Å²) >= 11 is 0. The molecule has 0 atom stereocenters. The molecule has 2 aliphatic rings. The summed E-state index contributed by atoms with van der Waals surface area (Å²) in [4.78, 5) is 10.6. The molecule has 1 spiro atoms. The van der Waals surface area contributed by atoms with Crippen molar-refractivity contribution in [2.45, 2.75) is 5.41 Å². The number of hydrogen-bond acceptors (Lipinski definition) is 2. The number of pyridine rings is 2. The Labute approximate surface area is 391 Å². The molecule has 9 aromatic carbocycles. The standard InChI is InChI=1S/C65H42N2/c1-5-20-43(21-6-1)60-39-49(40-61(66-60)44-22-7-2-8-23-44)47-36-48(50-41-62(45-24-9-3-10-25-45)67-63(42-50)46-26-11-4-12-27-46)38-51(37-47)52-31-19-35-59-64(52)55-30-15-18-34-58(55)65(59)56-32-16-13-28-53(56)54-29-14-17-33-57(54)65/h1-42H. The van der Waals surface area contributed by atoms with Crippen LogP contribution >= 0.6 is 0 Å². The first-order valence-electron chi connectivity index (χ1n) is 23.1. The highest BCUT2D eigenvalue weighted by Crippen LogP contribution is 2.64. The fourth-order valence-electron chi connectivity index (χ4n) is 10.9. The van der Waals surface area contributed by atoms with Gasteiger partial charge in [-0.1, -0.05) is 212 Å². The lowest BCUT2D eigenvalue weighted by molar-refractivity contribution is 0.794. The van der Waals surface area contributed by atoms with E-state index in [1.54, 1.807) is 0 Å². The molecule has 67 heavy (non-hydrogen) atoms. The van der Waals surface area contributed by atoms with Gasteiger partial charge in [0, 0.05) is 22.3 Å². The molecule has 2 aliphatic carbocycles. The number of fused-ring (bicyclic) bond motifs is 10. The van der Waals surface area contributed by atoms with E-state index in [1.807, 2.05) is 0 Å². The zero-order chi connectivity index (χ0) is 44.3. The van der Waals surface area contributed by atoms with Crippen molar-refractivity contribution in [2.24, 2.45) is 0 Å². The third kappa shape index (κ3) is 6.33. The predicted molar refractivity (Wildman–Crippen MR) is 276 cm³/mol. The van der Waals surface area contributed by atoms with Gasteiger partial charge in [-0.05, 0) is 120 Å². The molecule has 0 N–H and O–H groups in total. The van der Waals surface area contributed by atoms with Crippen molar-refractivity contribution in [1.82, 2.24) is 9.97 Å². The van der Waals surface area contributed by atoms with Crippen molar-refractivity contribution in [3.63, 3.8) is 0 Å². The predicted octanol–water partition coefficient (Wildman–Crippen LogP) is 16.5. The molecular weight excluding hydrogens is 809 g/mol. The molecule has 0 bridgehead atoms. The van der Waals surface area contributed by atoms with E-state index in [0.717, 1.165) is 72.8 Å². The van der Waals surface area contributed by atoms with Gasteiger partial charge in [0.2, 0.25) is 0 Å². The molecule has 0 aliphatic heterocycles. The lowest BCUT2D eigenvalue weighted by atomic mass is 9.70. The first-order chi connectivity index (χ1) is 33.2. The van der Waals surface area contributed by atoms with Crippen molar-refractivity contribution >= 4 is 0 Å². The minimum absolute atomic E-state index is 0.448. The Morgan fingerprint density at radius 3 is 0.925 bits per heavy atom. The second kappa shape index (κ2) is 15.8. The molecule has 0 unspecified atom stereocenters. The number of nitrogens with zero attached hydrogens (tertiary/aromatic N) is 2. The highest BCUT2D eigenvalue weighted by atomic mass is 14.7. The van der Waals surface area contributed by atoms with Gasteiger partial charge in [0.05, 0.1) is 28.2 Å². The fourth-order valence-corrected chi connectivity index (χ4v) is 10.9. The van der Waals surface area contributed by atoms with Gasteiger partial charge in [-0.3, -0.25) is 0 Å². The average molecular weight is 851 g/mol. The van der Waals surface area contributed by atoms with Crippen molar-refractivity contribution in [3.8, 4) is 101 Å². The summed E-state index contributed by atoms with van der Waals surface area (Å²) in [6.45, 7) is 0. The monoisotopic (exact) mass is 850 g/mol. The molecule has 2 heteroatoms. The quantitative estimate of drug-likeness (QED) is 0.160. The van der Waals surface area contributed by atoms with Gasteiger partial charge >= 0.3 is 0 Å². The van der Waals surface area contributed by atoms with Crippen LogP contribution < -0.4 is 0 Å². The maximum Gasteiger partial charge on any atom is 0.0725 e. The van der Waals surface area contributed by atoms with Gasteiger partial charge in [0.1, 0.15) is 0 Å². The Hall–Kier alpha value is -8.72. The van der Waals surface area contributed by atoms with Crippen LogP contribution in [0.5, 0.6) is 0 Å². The Morgan fingerprint density at radius 2 is 0.507 bits per heavy atom. The van der Waals surface area contributed by atoms with E-state index in [4.69, 9.17) is 9.97 Å². The SMILES string of the molecule is c1ccc(-c2cc(-c3cc(-c4cc(-c5ccccc5)nc(-c5ccccc5)c4)cc(-c4cccc5c4-c4ccccc4C54c5ccccc5-c5ccccc54)c3)cc(-c3ccccc3)n2)cc1. The highest BCUT2D eigenvalue weighted by molar-refractivity contribution is 6.01. The number of hydrogen-bond donors (Lipinski definition) is 0. The molecule has 0 amide bonds. The number of benzene rings is 9. The highest BCUT2D eigenvalue weighted by Gasteiger charge is 2.52. The van der Waals surface area contributed by atoms with Gasteiger partial charge in [0.15, 0.2) is 0 Å². The van der Waals surface area contributed by atoms with Gasteiger partial charge in [-0.15, -0.1) is 0 Å². The summed E-state index contributed by atoms with van der Waals surface area (Å²) in [6.07, 6.45) is 0. The van der Waals surface area contributed by atoms with Gasteiger partial charge < -0.3 is 0 Å². The van der Waals surface area contributed by atoms with Crippen LogP contribution in [0.1, 0.15) is 22.3 Å². The van der Waals surface area contributed by atoms with Crippen LogP contribution in [0.2, 0.25) is 0 Å². The largest absolute Gasteiger partial charge is 0.248 e. The van der Waals surface area contributed by atoms with E-state index >= 15 is 0 Å². The molecular formula is C65H42N2. The Balaban J connectivity index is 1.10. The van der Waals surface area contributed by atoms with Crippen LogP contribution in [0.15, 0.2) is 255 Å². The van der Waals surface area contributed by atoms with Crippen LogP contribution in [0, 0.1) is 0 Å². The summed E-state index contributed by atoms with van der Waals surface area (Å²) in [5, 5.41) is 0. The summed E-state index contributed by atoms with van der Waals surface area (Å²) in [5.41, 5.74) is 24.8. The van der Waals surface area contributed by atoms with Gasteiger partial charge in [0.25, 0.3) is 0 Å². The first kappa shape index (κ1) is 38.7. The molecule has 11 aromatic rings. The van der Waals surface area contributed by atoms with Gasteiger partial charge in [-0.2, -0.15) is 0 Å². The maximum absolute atomic E-state index is 5.29. The molecule has 312 valence electrons. The average Bonchev–Trinajstić information content (AvgIpc) is 3.89. The van der Waals surface area contributed by atoms with Crippen LogP contribution in [0.4, 0.5) is 0 Å². The lowest BCUT2D eigenvalue weighted by Gasteiger charge is -2.30. The van der Waals surface area contributed by atoms with Crippen LogP contribution in [0.3, 0.4) is 0 Å². The van der Waals surface area contributed by atoms with Crippen LogP contribution in [0.25, 0.3) is 101 Å². The van der Waals surface area contributed by atoms with E-state index in [0.29, 0.717) is 0 Å². The topological polar surface area (TPSA) is 25.8 Å². The summed E-state index contributed by atoms with van der Waals surface area (Å²) in [6, 6.07) is 92.5. The molecule has 0 radical (unpaired) electrons. The molecule has 0 fully saturated rings. The molecule has 13 rings (SSSR count). The van der Waals surface area contributed by atoms with Crippen molar-refractivity contribution in [3.05, 3.63) is 277 Å². The van der Waals surface area contributed by atoms with Crippen molar-refractivity contribution in [1.29, 1.82) is 0 Å². The molecule has 0 saturated carbocycles. The summed E-state index contributed by atoms with van der Waals surface area (Å²) in [7, 11) is 0. The molecule has 2 aromatic heterocycles. The van der Waals surface area contributed by atoms with E-state index < -0.39 is 5.41 Å². The third-order valence-electron chi connectivity index (χ3n) is 13.9. The fraction of sp³-hybridized carbons (Fsp3) is 0.0154. The van der Waals surface area contributed by atoms with E-state index in [9.17, 15) is 0 Å². The Morgan fingerprint density at radius 1 is 0.209 bits per heavy atom. The van der Waals surface area contributed by atoms with Crippen molar-refractivity contribution < 1.29 is 0 Å². The minimum atomic E-state index is -0.448. The van der Waals surface area contributed by atoms with E-state index in [2.05, 4.69) is 255 Å². The Kier molecular flexibility index (Phi) is 9.11. The maximum atomic E-state index is 5.29. The second-order valence-electron chi connectivity index (χ2n) is 17.6. The van der Waals surface area contributed by atoms with E-state index in [-0.39, 0.29) is 0 Å². The summed E-state index contributed by atoms with van der Waals surface area (Å²) < 4.78 is 0. The Bertz CT molecular complexity index is 3360. The smallest absolute Gasteiger partial charge is 0.0725 e. The number of rotatable bonds is 7. The summed E-state index contributed by atoms with van der Waals surface area (Å²) in [5.74, 6) is 0. The second-order valence-corrected chi connectivity index (χ2v) is 17.6. The minimum Gasteiger partial charge on any atom is -0.248 e. The lowest BCUT2D eigenvalue weighted by Crippen LogP contribution is -2.25. The van der Waals surface area contributed by atoms with Crippen molar-refractivity contribution in [2.75, 3.05) is 0 Å². The zero-order valence-electron chi connectivity index (χ0n) is 36.6. The zero-order valence-corrected chi connectivity index (χ0v) is 36.6. The third-order valence-corrected chi connectivity index (χ3v) is 13.9. The normalized spacial score (nSPS) is 12.6. The van der Waals surface area contributed by atoms with Crippen LogP contribution in [-0.2, 0) is 5.41 Å². The molecule has 2 nitrogen and oxygen atoms in total.